The van der Waals surface area contributed by atoms with Crippen molar-refractivity contribution < 1.29 is 19.4 Å². The summed E-state index contributed by atoms with van der Waals surface area (Å²) in [5.74, 6) is -1.85. The van der Waals surface area contributed by atoms with Crippen LogP contribution in [0.15, 0.2) is 12.2 Å². The average Bonchev–Trinajstić information content (AvgIpc) is 2.78. The van der Waals surface area contributed by atoms with Gasteiger partial charge in [0.25, 0.3) is 0 Å². The molecule has 0 bridgehead atoms. The number of unbranched alkanes of at least 4 members (excludes halogenated alkanes) is 16. The number of carbonyl (C=O) groups is 2. The molecule has 0 aliphatic carbocycles. The third-order valence-corrected chi connectivity index (χ3v) is 6.14. The Balaban J connectivity index is 3.37. The van der Waals surface area contributed by atoms with Crippen LogP contribution in [0.25, 0.3) is 0 Å². The lowest BCUT2D eigenvalue weighted by Crippen LogP contribution is -2.19. The Morgan fingerprint density at radius 3 is 1.59 bits per heavy atom. The van der Waals surface area contributed by atoms with Crippen LogP contribution >= 0.6 is 0 Å². The summed E-state index contributed by atoms with van der Waals surface area (Å²) < 4.78 is 5.01. The van der Waals surface area contributed by atoms with Crippen molar-refractivity contribution in [2.75, 3.05) is 6.61 Å². The average molecular weight is 453 g/mol. The van der Waals surface area contributed by atoms with E-state index in [4.69, 9.17) is 4.74 Å². The summed E-state index contributed by atoms with van der Waals surface area (Å²) in [4.78, 5) is 23.0. The molecule has 0 aromatic heterocycles. The van der Waals surface area contributed by atoms with Crippen LogP contribution in [0.3, 0.4) is 0 Å². The van der Waals surface area contributed by atoms with Crippen LogP contribution in [0.1, 0.15) is 142 Å². The fraction of sp³-hybridized carbons (Fsp3) is 0.857. The zero-order chi connectivity index (χ0) is 23.7. The second-order valence-corrected chi connectivity index (χ2v) is 9.26. The first-order valence-corrected chi connectivity index (χ1v) is 13.6. The second kappa shape index (κ2) is 24.3. The maximum Gasteiger partial charge on any atom is 0.307 e. The highest BCUT2D eigenvalue weighted by molar-refractivity contribution is 5.78. The molecule has 32 heavy (non-hydrogen) atoms. The van der Waals surface area contributed by atoms with E-state index in [2.05, 4.69) is 19.1 Å². The highest BCUT2D eigenvalue weighted by atomic mass is 16.5. The van der Waals surface area contributed by atoms with Gasteiger partial charge in [0.2, 0.25) is 0 Å². The molecule has 188 valence electrons. The summed E-state index contributed by atoms with van der Waals surface area (Å²) in [5.41, 5.74) is 0. The molecule has 0 aliphatic rings. The van der Waals surface area contributed by atoms with Crippen LogP contribution in [0.2, 0.25) is 0 Å². The normalized spacial score (nSPS) is 12.3. The first-order chi connectivity index (χ1) is 15.6. The van der Waals surface area contributed by atoms with Crippen LogP contribution in [0, 0.1) is 5.92 Å². The van der Waals surface area contributed by atoms with Crippen molar-refractivity contribution in [3.63, 3.8) is 0 Å². The predicted octanol–water partition coefficient (Wildman–Crippen LogP) is 8.63. The molecule has 0 spiro atoms. The summed E-state index contributed by atoms with van der Waals surface area (Å²) in [6.07, 6.45) is 27.9. The van der Waals surface area contributed by atoms with E-state index >= 15 is 0 Å². The van der Waals surface area contributed by atoms with Gasteiger partial charge in [0, 0.05) is 0 Å². The van der Waals surface area contributed by atoms with Gasteiger partial charge in [-0.05, 0) is 32.6 Å². The second-order valence-electron chi connectivity index (χ2n) is 9.26. The molecule has 0 saturated carbocycles. The van der Waals surface area contributed by atoms with Gasteiger partial charge in [-0.3, -0.25) is 9.59 Å². The molecule has 4 heteroatoms. The highest BCUT2D eigenvalue weighted by Crippen LogP contribution is 2.18. The fourth-order valence-corrected chi connectivity index (χ4v) is 4.08. The summed E-state index contributed by atoms with van der Waals surface area (Å²) in [6, 6.07) is 0. The number of rotatable bonds is 24. The molecular formula is C28H52O4. The maximum absolute atomic E-state index is 11.6. The number of hydrogen-bond acceptors (Lipinski definition) is 3. The first-order valence-electron chi connectivity index (χ1n) is 13.6. The SMILES string of the molecule is C/C=C/CCCCCCCCCCCCCCCCCCC(CC(=O)OCCC)C(=O)O. The zero-order valence-electron chi connectivity index (χ0n) is 21.3. The van der Waals surface area contributed by atoms with Gasteiger partial charge in [-0.25, -0.2) is 0 Å². The van der Waals surface area contributed by atoms with Crippen molar-refractivity contribution in [1.29, 1.82) is 0 Å². The molecule has 1 unspecified atom stereocenters. The topological polar surface area (TPSA) is 63.6 Å². The Bertz CT molecular complexity index is 458. The molecule has 1 N–H and O–H groups in total. The minimum Gasteiger partial charge on any atom is -0.481 e. The number of carbonyl (C=O) groups excluding carboxylic acids is 1. The number of carboxylic acids is 1. The van der Waals surface area contributed by atoms with Crippen molar-refractivity contribution >= 4 is 11.9 Å². The predicted molar refractivity (Wildman–Crippen MR) is 135 cm³/mol. The number of hydrogen-bond donors (Lipinski definition) is 1. The third kappa shape index (κ3) is 21.9. The minimum absolute atomic E-state index is 0.00615. The zero-order valence-corrected chi connectivity index (χ0v) is 21.3. The van der Waals surface area contributed by atoms with Crippen LogP contribution in [-0.2, 0) is 14.3 Å². The van der Waals surface area contributed by atoms with Gasteiger partial charge < -0.3 is 9.84 Å². The van der Waals surface area contributed by atoms with E-state index in [1.807, 2.05) is 6.92 Å². The molecule has 4 nitrogen and oxygen atoms in total. The van der Waals surface area contributed by atoms with Crippen LogP contribution in [0.5, 0.6) is 0 Å². The van der Waals surface area contributed by atoms with E-state index in [0.717, 1.165) is 19.3 Å². The Labute approximate surface area is 198 Å². The first kappa shape index (κ1) is 30.7. The van der Waals surface area contributed by atoms with Gasteiger partial charge >= 0.3 is 11.9 Å². The van der Waals surface area contributed by atoms with E-state index < -0.39 is 11.9 Å². The van der Waals surface area contributed by atoms with Gasteiger partial charge in [-0.2, -0.15) is 0 Å². The molecule has 1 atom stereocenters. The van der Waals surface area contributed by atoms with Crippen molar-refractivity contribution in [3.8, 4) is 0 Å². The fourth-order valence-electron chi connectivity index (χ4n) is 4.08. The van der Waals surface area contributed by atoms with Crippen molar-refractivity contribution in [1.82, 2.24) is 0 Å². The van der Waals surface area contributed by atoms with Gasteiger partial charge in [0.1, 0.15) is 0 Å². The molecule has 0 fully saturated rings. The molecule has 0 aliphatic heterocycles. The summed E-state index contributed by atoms with van der Waals surface area (Å²) in [5, 5.41) is 9.29. The van der Waals surface area contributed by atoms with Gasteiger partial charge in [-0.15, -0.1) is 0 Å². The monoisotopic (exact) mass is 452 g/mol. The van der Waals surface area contributed by atoms with Gasteiger partial charge in [0.15, 0.2) is 0 Å². The standard InChI is InChI=1S/C28H52O4/c1-3-5-6-7-8-9-10-11-12-13-14-15-16-17-18-19-20-21-22-23-26(28(30)31)25-27(29)32-24-4-2/h3,5,26H,4,6-25H2,1-2H3,(H,30,31)/b5-3+. The number of allylic oxidation sites excluding steroid dienone is 2. The maximum atomic E-state index is 11.6. The van der Waals surface area contributed by atoms with E-state index in [1.54, 1.807) is 0 Å². The third-order valence-electron chi connectivity index (χ3n) is 6.14. The van der Waals surface area contributed by atoms with Crippen molar-refractivity contribution in [3.05, 3.63) is 12.2 Å². The largest absolute Gasteiger partial charge is 0.481 e. The van der Waals surface area contributed by atoms with E-state index in [1.165, 1.54) is 96.3 Å². The molecule has 0 saturated heterocycles. The van der Waals surface area contributed by atoms with E-state index in [-0.39, 0.29) is 12.4 Å². The highest BCUT2D eigenvalue weighted by Gasteiger charge is 2.21. The molecule has 0 amide bonds. The summed E-state index contributed by atoms with van der Waals surface area (Å²) in [7, 11) is 0. The number of ether oxygens (including phenoxy) is 1. The Kier molecular flexibility index (Phi) is 23.3. The number of carboxylic acid groups (broad SMARTS) is 1. The van der Waals surface area contributed by atoms with Crippen molar-refractivity contribution in [2.24, 2.45) is 5.92 Å². The molecule has 0 heterocycles. The quantitative estimate of drug-likeness (QED) is 0.0904. The minimum atomic E-state index is -0.876. The van der Waals surface area contributed by atoms with E-state index in [9.17, 15) is 14.7 Å². The Morgan fingerprint density at radius 1 is 0.750 bits per heavy atom. The Morgan fingerprint density at radius 2 is 1.19 bits per heavy atom. The molecule has 0 aromatic carbocycles. The van der Waals surface area contributed by atoms with Gasteiger partial charge in [-0.1, -0.05) is 115 Å². The lowest BCUT2D eigenvalue weighted by molar-refractivity contribution is -0.151. The summed E-state index contributed by atoms with van der Waals surface area (Å²) in [6.45, 7) is 4.41. The van der Waals surface area contributed by atoms with E-state index in [0.29, 0.717) is 13.0 Å². The van der Waals surface area contributed by atoms with Crippen molar-refractivity contribution in [2.45, 2.75) is 142 Å². The molecule has 0 aromatic rings. The summed E-state index contributed by atoms with van der Waals surface area (Å²) >= 11 is 0. The van der Waals surface area contributed by atoms with Crippen LogP contribution in [0.4, 0.5) is 0 Å². The number of aliphatic carboxylic acids is 1. The molecular weight excluding hydrogens is 400 g/mol. The van der Waals surface area contributed by atoms with Crippen LogP contribution in [-0.4, -0.2) is 23.7 Å². The van der Waals surface area contributed by atoms with Gasteiger partial charge in [0.05, 0.1) is 18.9 Å². The molecule has 0 rings (SSSR count). The number of esters is 1. The smallest absolute Gasteiger partial charge is 0.307 e. The molecule has 0 radical (unpaired) electrons. The lowest BCUT2D eigenvalue weighted by atomic mass is 9.97. The van der Waals surface area contributed by atoms with Crippen LogP contribution < -0.4 is 0 Å². The lowest BCUT2D eigenvalue weighted by Gasteiger charge is -2.11. The Hall–Kier alpha value is -1.32.